The zero-order chi connectivity index (χ0) is 14.0. The second-order valence-corrected chi connectivity index (χ2v) is 7.95. The van der Waals surface area contributed by atoms with Crippen molar-refractivity contribution in [1.82, 2.24) is 5.32 Å². The van der Waals surface area contributed by atoms with Gasteiger partial charge in [0.2, 0.25) is 0 Å². The third-order valence-electron chi connectivity index (χ3n) is 4.74. The molecule has 5 heteroatoms. The third-order valence-corrected chi connectivity index (χ3v) is 5.55. The highest BCUT2D eigenvalue weighted by molar-refractivity contribution is 7.85. The fraction of sp³-hybridized carbons (Fsp3) is 1.00. The zero-order valence-electron chi connectivity index (χ0n) is 11.9. The fourth-order valence-electron chi connectivity index (χ4n) is 2.91. The molecule has 0 aromatic heterocycles. The van der Waals surface area contributed by atoms with Gasteiger partial charge in [-0.15, -0.1) is 0 Å². The Morgan fingerprint density at radius 2 is 1.94 bits per heavy atom. The van der Waals surface area contributed by atoms with Crippen molar-refractivity contribution in [1.29, 1.82) is 0 Å². The summed E-state index contributed by atoms with van der Waals surface area (Å²) < 4.78 is 29.9. The van der Waals surface area contributed by atoms with Crippen molar-refractivity contribution >= 4 is 10.1 Å². The van der Waals surface area contributed by atoms with E-state index in [9.17, 15) is 8.42 Å². The molecule has 0 heterocycles. The summed E-state index contributed by atoms with van der Waals surface area (Å²) in [7, 11) is -3.81. The lowest BCUT2D eigenvalue weighted by atomic mass is 9.63. The second-order valence-electron chi connectivity index (χ2n) is 6.38. The van der Waals surface area contributed by atoms with Gasteiger partial charge in [0.15, 0.2) is 0 Å². The van der Waals surface area contributed by atoms with Crippen LogP contribution in [0.1, 0.15) is 47.0 Å². The van der Waals surface area contributed by atoms with Crippen molar-refractivity contribution in [3.8, 4) is 0 Å². The summed E-state index contributed by atoms with van der Waals surface area (Å²) in [4.78, 5) is 0. The second kappa shape index (κ2) is 5.88. The Bertz CT molecular complexity index is 364. The highest BCUT2D eigenvalue weighted by Gasteiger charge is 2.38. The molecule has 0 radical (unpaired) electrons. The van der Waals surface area contributed by atoms with E-state index >= 15 is 0 Å². The summed E-state index contributed by atoms with van der Waals surface area (Å²) in [6.07, 6.45) is 2.82. The largest absolute Gasteiger partial charge is 0.314 e. The first-order valence-corrected chi connectivity index (χ1v) is 8.43. The van der Waals surface area contributed by atoms with Crippen molar-refractivity contribution in [3.05, 3.63) is 0 Å². The Balaban J connectivity index is 2.36. The van der Waals surface area contributed by atoms with Crippen LogP contribution in [-0.4, -0.2) is 31.3 Å². The molecule has 0 aromatic carbocycles. The molecular weight excluding hydrogens is 250 g/mol. The number of nitrogens with one attached hydrogen (secondary N) is 1. The first-order valence-electron chi connectivity index (χ1n) is 6.82. The lowest BCUT2D eigenvalue weighted by Crippen LogP contribution is -2.47. The lowest BCUT2D eigenvalue weighted by Gasteiger charge is -2.45. The maximum atomic E-state index is 10.6. The van der Waals surface area contributed by atoms with Crippen LogP contribution < -0.4 is 5.32 Å². The maximum absolute atomic E-state index is 10.6. The molecule has 0 aliphatic heterocycles. The number of hydrogen-bond donors (Lipinski definition) is 2. The highest BCUT2D eigenvalue weighted by atomic mass is 32.2. The van der Waals surface area contributed by atoms with Gasteiger partial charge in [-0.2, -0.15) is 8.42 Å². The van der Waals surface area contributed by atoms with Crippen molar-refractivity contribution in [2.75, 3.05) is 12.3 Å². The van der Waals surface area contributed by atoms with Crippen LogP contribution in [0.3, 0.4) is 0 Å². The Kier molecular flexibility index (Phi) is 5.21. The molecule has 1 aliphatic rings. The van der Waals surface area contributed by atoms with Crippen LogP contribution in [0.2, 0.25) is 0 Å². The molecule has 0 bridgehead atoms. The lowest BCUT2D eigenvalue weighted by molar-refractivity contribution is 0.0692. The quantitative estimate of drug-likeness (QED) is 0.598. The highest BCUT2D eigenvalue weighted by Crippen LogP contribution is 2.43. The SMILES string of the molecule is CC1[C@@H](C)C(C)(C)CC[C@H]1NCCCS(=O)(=O)O. The summed E-state index contributed by atoms with van der Waals surface area (Å²) in [6.45, 7) is 9.87. The molecule has 0 amide bonds. The monoisotopic (exact) mass is 277 g/mol. The minimum absolute atomic E-state index is 0.151. The summed E-state index contributed by atoms with van der Waals surface area (Å²) >= 11 is 0. The Morgan fingerprint density at radius 3 is 2.50 bits per heavy atom. The molecule has 18 heavy (non-hydrogen) atoms. The molecule has 1 aliphatic carbocycles. The molecule has 0 saturated heterocycles. The smallest absolute Gasteiger partial charge is 0.264 e. The topological polar surface area (TPSA) is 66.4 Å². The normalized spacial score (nSPS) is 32.4. The van der Waals surface area contributed by atoms with E-state index in [1.54, 1.807) is 0 Å². The summed E-state index contributed by atoms with van der Waals surface area (Å²) in [5.41, 5.74) is 0.395. The summed E-state index contributed by atoms with van der Waals surface area (Å²) in [5, 5.41) is 3.44. The van der Waals surface area contributed by atoms with E-state index in [-0.39, 0.29) is 5.75 Å². The van der Waals surface area contributed by atoms with Gasteiger partial charge in [-0.1, -0.05) is 27.7 Å². The Hall–Kier alpha value is -0.130. The zero-order valence-corrected chi connectivity index (χ0v) is 12.8. The van der Waals surface area contributed by atoms with Crippen LogP contribution in [0.15, 0.2) is 0 Å². The molecule has 108 valence electrons. The molecule has 1 rings (SSSR count). The van der Waals surface area contributed by atoms with Gasteiger partial charge in [0.25, 0.3) is 10.1 Å². The summed E-state index contributed by atoms with van der Waals surface area (Å²) in [5.74, 6) is 1.10. The molecule has 1 saturated carbocycles. The van der Waals surface area contributed by atoms with Crippen molar-refractivity contribution in [2.45, 2.75) is 53.0 Å². The predicted octanol–water partition coefficient (Wildman–Crippen LogP) is 2.31. The Labute approximate surface area is 111 Å². The van der Waals surface area contributed by atoms with Gasteiger partial charge in [-0.25, -0.2) is 0 Å². The van der Waals surface area contributed by atoms with Crippen LogP contribution >= 0.6 is 0 Å². The van der Waals surface area contributed by atoms with Gasteiger partial charge in [0.1, 0.15) is 0 Å². The van der Waals surface area contributed by atoms with E-state index in [0.29, 0.717) is 36.3 Å². The Morgan fingerprint density at radius 1 is 1.33 bits per heavy atom. The standard InChI is InChI=1S/C13H27NO3S/c1-10-11(2)13(3,4)7-6-12(10)14-8-5-9-18(15,16)17/h10-12,14H,5-9H2,1-4H3,(H,15,16,17)/t10?,11-,12-/m1/s1. The minimum atomic E-state index is -3.81. The molecule has 3 atom stereocenters. The third kappa shape index (κ3) is 4.52. The van der Waals surface area contributed by atoms with E-state index in [4.69, 9.17) is 4.55 Å². The molecule has 0 spiro atoms. The van der Waals surface area contributed by atoms with Crippen LogP contribution in [0, 0.1) is 17.3 Å². The molecule has 1 unspecified atom stereocenters. The van der Waals surface area contributed by atoms with Crippen molar-refractivity contribution in [3.63, 3.8) is 0 Å². The predicted molar refractivity (Wildman–Crippen MR) is 74.2 cm³/mol. The average molecular weight is 277 g/mol. The van der Waals surface area contributed by atoms with Crippen molar-refractivity contribution in [2.24, 2.45) is 17.3 Å². The van der Waals surface area contributed by atoms with Gasteiger partial charge < -0.3 is 5.32 Å². The van der Waals surface area contributed by atoms with Crippen LogP contribution in [0.5, 0.6) is 0 Å². The first kappa shape index (κ1) is 15.9. The molecule has 4 nitrogen and oxygen atoms in total. The molecule has 0 aromatic rings. The number of hydrogen-bond acceptors (Lipinski definition) is 3. The van der Waals surface area contributed by atoms with Gasteiger partial charge >= 0.3 is 0 Å². The molecular formula is C13H27NO3S. The first-order chi connectivity index (χ1) is 8.13. The minimum Gasteiger partial charge on any atom is -0.314 e. The van der Waals surface area contributed by atoms with E-state index in [1.165, 1.54) is 6.42 Å². The van der Waals surface area contributed by atoms with Crippen LogP contribution in [0.4, 0.5) is 0 Å². The van der Waals surface area contributed by atoms with Crippen LogP contribution in [0.25, 0.3) is 0 Å². The average Bonchev–Trinajstić information content (AvgIpc) is 2.23. The van der Waals surface area contributed by atoms with E-state index in [0.717, 1.165) is 6.42 Å². The molecule has 1 fully saturated rings. The maximum Gasteiger partial charge on any atom is 0.264 e. The van der Waals surface area contributed by atoms with E-state index < -0.39 is 10.1 Å². The van der Waals surface area contributed by atoms with E-state index in [1.807, 2.05) is 0 Å². The van der Waals surface area contributed by atoms with Gasteiger partial charge in [-0.05, 0) is 43.1 Å². The summed E-state index contributed by atoms with van der Waals surface area (Å²) in [6, 6.07) is 0.467. The van der Waals surface area contributed by atoms with Gasteiger partial charge in [-0.3, -0.25) is 4.55 Å². The van der Waals surface area contributed by atoms with Crippen molar-refractivity contribution < 1.29 is 13.0 Å². The van der Waals surface area contributed by atoms with Crippen LogP contribution in [-0.2, 0) is 10.1 Å². The fourth-order valence-corrected chi connectivity index (χ4v) is 3.42. The van der Waals surface area contributed by atoms with Gasteiger partial charge in [0.05, 0.1) is 5.75 Å². The van der Waals surface area contributed by atoms with Gasteiger partial charge in [0, 0.05) is 6.04 Å². The van der Waals surface area contributed by atoms with E-state index in [2.05, 4.69) is 33.0 Å². The molecule has 2 N–H and O–H groups in total. The number of rotatable bonds is 5.